The summed E-state index contributed by atoms with van der Waals surface area (Å²) >= 11 is 5.98. The van der Waals surface area contributed by atoms with Gasteiger partial charge >= 0.3 is 0 Å². The van der Waals surface area contributed by atoms with Crippen molar-refractivity contribution < 1.29 is 9.53 Å². The highest BCUT2D eigenvalue weighted by Crippen LogP contribution is 2.24. The highest BCUT2D eigenvalue weighted by molar-refractivity contribution is 6.30. The van der Waals surface area contributed by atoms with Gasteiger partial charge < -0.3 is 15.0 Å². The van der Waals surface area contributed by atoms with E-state index in [4.69, 9.17) is 16.3 Å². The molecule has 1 amide bonds. The molecule has 1 N–H and O–H groups in total. The zero-order valence-electron chi connectivity index (χ0n) is 18.1. The van der Waals surface area contributed by atoms with E-state index < -0.39 is 6.10 Å². The van der Waals surface area contributed by atoms with Crippen molar-refractivity contribution in [3.63, 3.8) is 0 Å². The number of anilines is 2. The van der Waals surface area contributed by atoms with Crippen molar-refractivity contribution in [2.75, 3.05) is 23.3 Å². The number of hydrogen-bond acceptors (Lipinski definition) is 5. The molecule has 2 heterocycles. The van der Waals surface area contributed by atoms with Crippen LogP contribution in [0.15, 0.2) is 60.7 Å². The fourth-order valence-electron chi connectivity index (χ4n) is 3.75. The van der Waals surface area contributed by atoms with E-state index in [0.29, 0.717) is 16.5 Å². The third-order valence-electron chi connectivity index (χ3n) is 5.48. The van der Waals surface area contributed by atoms with Gasteiger partial charge in [-0.05, 0) is 62.2 Å². The maximum absolute atomic E-state index is 12.6. The van der Waals surface area contributed by atoms with Crippen molar-refractivity contribution in [3.05, 3.63) is 65.7 Å². The first-order valence-electron chi connectivity index (χ1n) is 11.0. The van der Waals surface area contributed by atoms with Crippen LogP contribution in [-0.2, 0) is 4.79 Å². The molecule has 166 valence electrons. The molecule has 0 saturated carbocycles. The number of nitrogens with zero attached hydrogens (tertiary/aromatic N) is 3. The molecule has 6 nitrogen and oxygen atoms in total. The summed E-state index contributed by atoms with van der Waals surface area (Å²) in [5.74, 6) is 1.23. The summed E-state index contributed by atoms with van der Waals surface area (Å²) < 4.78 is 5.70. The molecule has 1 aromatic heterocycles. The highest BCUT2D eigenvalue weighted by atomic mass is 35.5. The van der Waals surface area contributed by atoms with Crippen LogP contribution in [0.5, 0.6) is 5.75 Å². The summed E-state index contributed by atoms with van der Waals surface area (Å²) in [6, 6.07) is 18.6. The molecule has 0 aliphatic carbocycles. The van der Waals surface area contributed by atoms with Crippen molar-refractivity contribution in [2.45, 2.75) is 38.7 Å². The number of carbonyl (C=O) groups is 1. The van der Waals surface area contributed by atoms with Crippen molar-refractivity contribution in [1.29, 1.82) is 0 Å². The zero-order valence-corrected chi connectivity index (χ0v) is 18.9. The lowest BCUT2D eigenvalue weighted by atomic mass is 10.1. The maximum Gasteiger partial charge on any atom is 0.265 e. The summed E-state index contributed by atoms with van der Waals surface area (Å²) in [5.41, 5.74) is 2.33. The normalized spacial score (nSPS) is 15.0. The lowest BCUT2D eigenvalue weighted by Gasteiger charge is -2.20. The molecule has 2 aromatic carbocycles. The minimum absolute atomic E-state index is 0.246. The molecular weight excluding hydrogens is 424 g/mol. The Morgan fingerprint density at radius 3 is 2.50 bits per heavy atom. The van der Waals surface area contributed by atoms with E-state index in [-0.39, 0.29) is 5.91 Å². The predicted octanol–water partition coefficient (Wildman–Crippen LogP) is 5.58. The number of carbonyl (C=O) groups excluding carboxylic acids is 1. The summed E-state index contributed by atoms with van der Waals surface area (Å²) in [5, 5.41) is 12.3. The van der Waals surface area contributed by atoms with E-state index in [9.17, 15) is 4.79 Å². The monoisotopic (exact) mass is 450 g/mol. The largest absolute Gasteiger partial charge is 0.481 e. The van der Waals surface area contributed by atoms with Gasteiger partial charge in [-0.25, -0.2) is 0 Å². The van der Waals surface area contributed by atoms with E-state index in [2.05, 4.69) is 20.4 Å². The molecular formula is C25H27ClN4O2. The summed E-state index contributed by atoms with van der Waals surface area (Å²) in [4.78, 5) is 14.9. The summed E-state index contributed by atoms with van der Waals surface area (Å²) in [7, 11) is 0. The van der Waals surface area contributed by atoms with Crippen LogP contribution in [0.3, 0.4) is 0 Å². The Balaban J connectivity index is 1.41. The molecule has 3 aromatic rings. The van der Waals surface area contributed by atoms with Gasteiger partial charge in [-0.3, -0.25) is 4.79 Å². The van der Waals surface area contributed by atoms with Crippen LogP contribution < -0.4 is 15.0 Å². The van der Waals surface area contributed by atoms with E-state index in [0.717, 1.165) is 30.2 Å². The third-order valence-corrected chi connectivity index (χ3v) is 5.72. The number of aromatic nitrogens is 2. The zero-order chi connectivity index (χ0) is 22.3. The van der Waals surface area contributed by atoms with Gasteiger partial charge in [-0.2, -0.15) is 0 Å². The molecule has 1 atom stereocenters. The Labute approximate surface area is 193 Å². The van der Waals surface area contributed by atoms with Gasteiger partial charge in [0.25, 0.3) is 5.91 Å². The first-order chi connectivity index (χ1) is 15.6. The molecule has 1 fully saturated rings. The molecule has 7 heteroatoms. The number of rotatable bonds is 6. The quantitative estimate of drug-likeness (QED) is 0.530. The minimum Gasteiger partial charge on any atom is -0.481 e. The fourth-order valence-corrected chi connectivity index (χ4v) is 3.93. The van der Waals surface area contributed by atoms with Crippen molar-refractivity contribution in [1.82, 2.24) is 10.2 Å². The highest BCUT2D eigenvalue weighted by Gasteiger charge is 2.16. The smallest absolute Gasteiger partial charge is 0.265 e. The number of benzene rings is 2. The molecule has 1 aliphatic heterocycles. The molecule has 32 heavy (non-hydrogen) atoms. The van der Waals surface area contributed by atoms with Crippen LogP contribution in [0, 0.1) is 0 Å². The molecule has 0 radical (unpaired) electrons. The van der Waals surface area contributed by atoms with Gasteiger partial charge in [-0.1, -0.05) is 42.6 Å². The Morgan fingerprint density at radius 1 is 1.00 bits per heavy atom. The predicted molar refractivity (Wildman–Crippen MR) is 128 cm³/mol. The lowest BCUT2D eigenvalue weighted by Crippen LogP contribution is -2.30. The van der Waals surface area contributed by atoms with Gasteiger partial charge in [-0.15, -0.1) is 10.2 Å². The molecule has 0 spiro atoms. The second-order valence-electron chi connectivity index (χ2n) is 7.97. The Hall–Kier alpha value is -3.12. The number of ether oxygens (including phenoxy) is 1. The average molecular weight is 451 g/mol. The minimum atomic E-state index is -0.676. The van der Waals surface area contributed by atoms with Crippen LogP contribution in [0.4, 0.5) is 11.5 Å². The standard InChI is InChI=1S/C25H27ClN4O2/c1-18(32-22-11-7-9-20(26)17-22)25(31)27-21-10-6-8-19(16-21)23-12-13-24(29-28-23)30-14-4-2-3-5-15-30/h6-13,16-18H,2-5,14-15H2,1H3,(H,27,31). The maximum atomic E-state index is 12.6. The van der Waals surface area contributed by atoms with Crippen LogP contribution in [0.2, 0.25) is 5.02 Å². The first kappa shape index (κ1) is 22.1. The molecule has 0 bridgehead atoms. The number of nitrogens with one attached hydrogen (secondary N) is 1. The second-order valence-corrected chi connectivity index (χ2v) is 8.40. The van der Waals surface area contributed by atoms with Gasteiger partial charge in [0, 0.05) is 29.4 Å². The first-order valence-corrected chi connectivity index (χ1v) is 11.4. The number of halogens is 1. The molecule has 1 unspecified atom stereocenters. The Bertz CT molecular complexity index is 1050. The number of amides is 1. The fraction of sp³-hybridized carbons (Fsp3) is 0.320. The van der Waals surface area contributed by atoms with Gasteiger partial charge in [0.05, 0.1) is 5.69 Å². The lowest BCUT2D eigenvalue weighted by molar-refractivity contribution is -0.122. The summed E-state index contributed by atoms with van der Waals surface area (Å²) in [6.45, 7) is 3.77. The van der Waals surface area contributed by atoms with E-state index >= 15 is 0 Å². The van der Waals surface area contributed by atoms with Crippen molar-refractivity contribution in [3.8, 4) is 17.0 Å². The second kappa shape index (κ2) is 10.5. The summed E-state index contributed by atoms with van der Waals surface area (Å²) in [6.07, 6.45) is 4.28. The van der Waals surface area contributed by atoms with Crippen LogP contribution in [0.25, 0.3) is 11.3 Å². The topological polar surface area (TPSA) is 67.3 Å². The Morgan fingerprint density at radius 2 is 1.78 bits per heavy atom. The molecule has 1 aliphatic rings. The number of hydrogen-bond donors (Lipinski definition) is 1. The van der Waals surface area contributed by atoms with Gasteiger partial charge in [0.2, 0.25) is 0 Å². The van der Waals surface area contributed by atoms with Crippen molar-refractivity contribution in [2.24, 2.45) is 0 Å². The SMILES string of the molecule is CC(Oc1cccc(Cl)c1)C(=O)Nc1cccc(-c2ccc(N3CCCCCC3)nn2)c1. The Kier molecular flexibility index (Phi) is 7.22. The molecule has 4 rings (SSSR count). The van der Waals surface area contributed by atoms with E-state index in [1.807, 2.05) is 36.4 Å². The van der Waals surface area contributed by atoms with Crippen LogP contribution in [-0.4, -0.2) is 35.3 Å². The van der Waals surface area contributed by atoms with Crippen LogP contribution in [0.1, 0.15) is 32.6 Å². The molecule has 1 saturated heterocycles. The van der Waals surface area contributed by atoms with Gasteiger partial charge in [0.15, 0.2) is 11.9 Å². The van der Waals surface area contributed by atoms with Gasteiger partial charge in [0.1, 0.15) is 5.75 Å². The van der Waals surface area contributed by atoms with Crippen molar-refractivity contribution >= 4 is 29.0 Å². The third kappa shape index (κ3) is 5.77. The van der Waals surface area contributed by atoms with E-state index in [1.54, 1.807) is 31.2 Å². The average Bonchev–Trinajstić information content (AvgIpc) is 3.09. The van der Waals surface area contributed by atoms with E-state index in [1.165, 1.54) is 25.7 Å². The van der Waals surface area contributed by atoms with Crippen LogP contribution >= 0.6 is 11.6 Å².